The van der Waals surface area contributed by atoms with Gasteiger partial charge in [0.25, 0.3) is 0 Å². The molecule has 0 radical (unpaired) electrons. The van der Waals surface area contributed by atoms with Gasteiger partial charge in [0.15, 0.2) is 0 Å². The number of carbonyl (C=O) groups excluding carboxylic acids is 1. The molecule has 1 aliphatic heterocycles. The molecular weight excluding hydrogens is 196 g/mol. The van der Waals surface area contributed by atoms with Crippen molar-refractivity contribution in [2.45, 2.75) is 12.8 Å². The van der Waals surface area contributed by atoms with Crippen molar-refractivity contribution in [3.05, 3.63) is 0 Å². The quantitative estimate of drug-likeness (QED) is 0.540. The van der Waals surface area contributed by atoms with Crippen LogP contribution in [0.3, 0.4) is 0 Å². The molecule has 0 unspecified atom stereocenters. The maximum Gasteiger partial charge on any atom is 0.223 e. The van der Waals surface area contributed by atoms with Crippen LogP contribution in [0, 0.1) is 5.92 Å². The Balaban J connectivity index is 2.21. The highest BCUT2D eigenvalue weighted by Gasteiger charge is 2.23. The van der Waals surface area contributed by atoms with Crippen LogP contribution in [0.5, 0.6) is 0 Å². The minimum Gasteiger partial charge on any atom is -0.395 e. The van der Waals surface area contributed by atoms with Crippen LogP contribution in [0.25, 0.3) is 0 Å². The van der Waals surface area contributed by atoms with Crippen LogP contribution in [0.4, 0.5) is 0 Å². The van der Waals surface area contributed by atoms with Crippen LogP contribution in [0.2, 0.25) is 0 Å². The molecule has 5 heteroatoms. The number of amides is 1. The Morgan fingerprint density at radius 3 is 2.47 bits per heavy atom. The van der Waals surface area contributed by atoms with Gasteiger partial charge in [-0.2, -0.15) is 0 Å². The summed E-state index contributed by atoms with van der Waals surface area (Å²) < 4.78 is 0. The summed E-state index contributed by atoms with van der Waals surface area (Å²) in [5.41, 5.74) is 0. The van der Waals surface area contributed by atoms with Gasteiger partial charge in [0.1, 0.15) is 0 Å². The highest BCUT2D eigenvalue weighted by atomic mass is 16.3. The Morgan fingerprint density at radius 2 is 1.93 bits per heavy atom. The van der Waals surface area contributed by atoms with E-state index in [2.05, 4.69) is 10.2 Å². The van der Waals surface area contributed by atoms with Crippen molar-refractivity contribution in [2.75, 3.05) is 39.4 Å². The first kappa shape index (κ1) is 12.4. The molecule has 0 aromatic carbocycles. The summed E-state index contributed by atoms with van der Waals surface area (Å²) in [6.07, 6.45) is 1.69. The van der Waals surface area contributed by atoms with Crippen molar-refractivity contribution >= 4 is 5.91 Å². The number of hydrogen-bond donors (Lipinski definition) is 3. The third kappa shape index (κ3) is 4.15. The van der Waals surface area contributed by atoms with E-state index in [-0.39, 0.29) is 25.0 Å². The lowest BCUT2D eigenvalue weighted by Gasteiger charge is -2.30. The zero-order valence-corrected chi connectivity index (χ0v) is 8.98. The lowest BCUT2D eigenvalue weighted by molar-refractivity contribution is -0.126. The monoisotopic (exact) mass is 216 g/mol. The van der Waals surface area contributed by atoms with Crippen LogP contribution in [0.15, 0.2) is 0 Å². The summed E-state index contributed by atoms with van der Waals surface area (Å²) >= 11 is 0. The molecular formula is C10H20N2O3. The molecule has 3 N–H and O–H groups in total. The number of nitrogens with zero attached hydrogens (tertiary/aromatic N) is 1. The van der Waals surface area contributed by atoms with Gasteiger partial charge < -0.3 is 20.4 Å². The van der Waals surface area contributed by atoms with E-state index >= 15 is 0 Å². The van der Waals surface area contributed by atoms with E-state index in [4.69, 9.17) is 10.2 Å². The molecule has 1 aliphatic rings. The summed E-state index contributed by atoms with van der Waals surface area (Å²) in [7, 11) is 0. The van der Waals surface area contributed by atoms with Crippen molar-refractivity contribution in [1.29, 1.82) is 0 Å². The van der Waals surface area contributed by atoms with Gasteiger partial charge in [-0.1, -0.05) is 0 Å². The zero-order chi connectivity index (χ0) is 11.1. The molecule has 0 saturated carbocycles. The lowest BCUT2D eigenvalue weighted by atomic mass is 9.96. The maximum atomic E-state index is 11.5. The maximum absolute atomic E-state index is 11.5. The van der Waals surface area contributed by atoms with E-state index in [9.17, 15) is 4.79 Å². The predicted molar refractivity (Wildman–Crippen MR) is 56.3 cm³/mol. The third-order valence-electron chi connectivity index (χ3n) is 2.79. The smallest absolute Gasteiger partial charge is 0.223 e. The van der Waals surface area contributed by atoms with Crippen LogP contribution in [-0.2, 0) is 4.79 Å². The van der Waals surface area contributed by atoms with Crippen LogP contribution in [-0.4, -0.2) is 60.4 Å². The third-order valence-corrected chi connectivity index (χ3v) is 2.79. The minimum absolute atomic E-state index is 0.00486. The first-order valence-electron chi connectivity index (χ1n) is 5.49. The Bertz CT molecular complexity index is 191. The fourth-order valence-electron chi connectivity index (χ4n) is 1.88. The van der Waals surface area contributed by atoms with Crippen LogP contribution >= 0.6 is 0 Å². The fourth-order valence-corrected chi connectivity index (χ4v) is 1.88. The topological polar surface area (TPSA) is 72.8 Å². The molecule has 1 saturated heterocycles. The van der Waals surface area contributed by atoms with Gasteiger partial charge in [0, 0.05) is 19.0 Å². The standard InChI is InChI=1S/C10H20N2O3/c13-7-3-11-10(15)9-1-4-12(5-2-9)6-8-14/h9,13-14H,1-8H2,(H,11,15). The molecule has 0 aliphatic carbocycles. The SMILES string of the molecule is O=C(NCCO)C1CCN(CCO)CC1. The van der Waals surface area contributed by atoms with Crippen LogP contribution in [0.1, 0.15) is 12.8 Å². The summed E-state index contributed by atoms with van der Waals surface area (Å²) in [5.74, 6) is 0.124. The van der Waals surface area contributed by atoms with Gasteiger partial charge in [-0.15, -0.1) is 0 Å². The molecule has 0 aromatic heterocycles. The van der Waals surface area contributed by atoms with Gasteiger partial charge >= 0.3 is 0 Å². The number of piperidine rings is 1. The normalized spacial score (nSPS) is 19.1. The van der Waals surface area contributed by atoms with E-state index in [1.165, 1.54) is 0 Å². The Labute approximate surface area is 90.1 Å². The van der Waals surface area contributed by atoms with Gasteiger partial charge in [-0.3, -0.25) is 4.79 Å². The number of likely N-dealkylation sites (tertiary alicyclic amines) is 1. The molecule has 0 atom stereocenters. The Kier molecular flexibility index (Phi) is 5.60. The highest BCUT2D eigenvalue weighted by molar-refractivity contribution is 5.78. The van der Waals surface area contributed by atoms with E-state index in [1.54, 1.807) is 0 Å². The number of nitrogens with one attached hydrogen (secondary N) is 1. The van der Waals surface area contributed by atoms with Crippen molar-refractivity contribution in [1.82, 2.24) is 10.2 Å². The number of hydrogen-bond acceptors (Lipinski definition) is 4. The van der Waals surface area contributed by atoms with Crippen molar-refractivity contribution < 1.29 is 15.0 Å². The molecule has 0 aromatic rings. The summed E-state index contributed by atoms with van der Waals surface area (Å²) in [6, 6.07) is 0. The minimum atomic E-state index is -0.00486. The summed E-state index contributed by atoms with van der Waals surface area (Å²) in [6.45, 7) is 2.96. The molecule has 88 valence electrons. The van der Waals surface area contributed by atoms with E-state index in [0.29, 0.717) is 13.1 Å². The zero-order valence-electron chi connectivity index (χ0n) is 8.98. The van der Waals surface area contributed by atoms with E-state index in [0.717, 1.165) is 25.9 Å². The van der Waals surface area contributed by atoms with Crippen molar-refractivity contribution in [3.63, 3.8) is 0 Å². The molecule has 0 bridgehead atoms. The van der Waals surface area contributed by atoms with Crippen LogP contribution < -0.4 is 5.32 Å². The number of carbonyl (C=O) groups is 1. The molecule has 0 spiro atoms. The summed E-state index contributed by atoms with van der Waals surface area (Å²) in [4.78, 5) is 13.7. The highest BCUT2D eigenvalue weighted by Crippen LogP contribution is 2.16. The Hall–Kier alpha value is -0.650. The second kappa shape index (κ2) is 6.76. The number of aliphatic hydroxyl groups is 2. The van der Waals surface area contributed by atoms with Crippen molar-refractivity contribution in [2.24, 2.45) is 5.92 Å². The molecule has 1 rings (SSSR count). The van der Waals surface area contributed by atoms with Gasteiger partial charge in [-0.25, -0.2) is 0 Å². The average molecular weight is 216 g/mol. The second-order valence-electron chi connectivity index (χ2n) is 3.85. The number of aliphatic hydroxyl groups excluding tert-OH is 2. The first-order valence-corrected chi connectivity index (χ1v) is 5.49. The lowest BCUT2D eigenvalue weighted by Crippen LogP contribution is -2.41. The molecule has 5 nitrogen and oxygen atoms in total. The first-order chi connectivity index (χ1) is 7.27. The molecule has 1 fully saturated rings. The van der Waals surface area contributed by atoms with E-state index < -0.39 is 0 Å². The number of β-amino-alcohol motifs (C(OH)–C–C–N with tert-alkyl or cyclic N) is 1. The fraction of sp³-hybridized carbons (Fsp3) is 0.900. The van der Waals surface area contributed by atoms with Gasteiger partial charge in [-0.05, 0) is 25.9 Å². The van der Waals surface area contributed by atoms with Crippen molar-refractivity contribution in [3.8, 4) is 0 Å². The van der Waals surface area contributed by atoms with E-state index in [1.807, 2.05) is 0 Å². The average Bonchev–Trinajstić information content (AvgIpc) is 2.27. The van der Waals surface area contributed by atoms with Gasteiger partial charge in [0.05, 0.1) is 13.2 Å². The Morgan fingerprint density at radius 1 is 1.27 bits per heavy atom. The molecule has 1 amide bonds. The largest absolute Gasteiger partial charge is 0.395 e. The predicted octanol–water partition coefficient (Wildman–Crippen LogP) is -1.20. The molecule has 15 heavy (non-hydrogen) atoms. The number of rotatable bonds is 5. The van der Waals surface area contributed by atoms with Gasteiger partial charge in [0.2, 0.25) is 5.91 Å². The second-order valence-corrected chi connectivity index (χ2v) is 3.85. The summed E-state index contributed by atoms with van der Waals surface area (Å²) in [5, 5.41) is 20.0. The molecule has 1 heterocycles.